The number of rotatable bonds is 6. The van der Waals surface area contributed by atoms with Crippen LogP contribution in [0.15, 0.2) is 84.9 Å². The zero-order valence-electron chi connectivity index (χ0n) is 18.7. The van der Waals surface area contributed by atoms with Gasteiger partial charge in [0.2, 0.25) is 0 Å². The lowest BCUT2D eigenvalue weighted by Gasteiger charge is -2.38. The van der Waals surface area contributed by atoms with E-state index in [0.29, 0.717) is 0 Å². The molecule has 2 aliphatic rings. The molecule has 3 aromatic carbocycles. The Bertz CT molecular complexity index is 1080. The predicted molar refractivity (Wildman–Crippen MR) is 122 cm³/mol. The van der Waals surface area contributed by atoms with E-state index in [0.717, 1.165) is 22.3 Å². The second-order valence-corrected chi connectivity index (χ2v) is 8.31. The van der Waals surface area contributed by atoms with Crippen LogP contribution in [-0.2, 0) is 35.0 Å². The number of benzene rings is 3. The highest BCUT2D eigenvalue weighted by Gasteiger charge is 2.75. The lowest BCUT2D eigenvalue weighted by Crippen LogP contribution is -2.49. The Morgan fingerprint density at radius 2 is 1.03 bits per heavy atom. The molecule has 5 heteroatoms. The highest BCUT2D eigenvalue weighted by molar-refractivity contribution is 5.89. The first-order valence-electron chi connectivity index (χ1n) is 11.4. The zero-order chi connectivity index (χ0) is 23.1. The predicted octanol–water partition coefficient (Wildman–Crippen LogP) is 4.58. The van der Waals surface area contributed by atoms with Crippen LogP contribution < -0.4 is 0 Å². The Kier molecular flexibility index (Phi) is 5.29. The van der Waals surface area contributed by atoms with E-state index < -0.39 is 35.0 Å². The third-order valence-electron chi connectivity index (χ3n) is 6.74. The van der Waals surface area contributed by atoms with Crippen LogP contribution in [0.4, 0.5) is 0 Å². The van der Waals surface area contributed by atoms with Gasteiger partial charge in [-0.2, -0.15) is 0 Å². The van der Waals surface area contributed by atoms with Crippen LogP contribution in [-0.4, -0.2) is 25.2 Å². The molecular weight excluding hydrogens is 416 g/mol. The molecule has 0 amide bonds. The third-order valence-corrected chi connectivity index (χ3v) is 6.74. The van der Waals surface area contributed by atoms with Gasteiger partial charge in [0.05, 0.1) is 13.2 Å². The van der Waals surface area contributed by atoms with Crippen LogP contribution in [0, 0.1) is 11.8 Å². The van der Waals surface area contributed by atoms with E-state index in [4.69, 9.17) is 14.2 Å². The molecule has 3 aromatic rings. The highest BCUT2D eigenvalue weighted by Crippen LogP contribution is 2.68. The van der Waals surface area contributed by atoms with E-state index in [9.17, 15) is 9.59 Å². The van der Waals surface area contributed by atoms with Crippen molar-refractivity contribution in [3.8, 4) is 0 Å². The van der Waals surface area contributed by atoms with Gasteiger partial charge in [0.25, 0.3) is 0 Å². The zero-order valence-corrected chi connectivity index (χ0v) is 18.7. The maximum atomic E-state index is 13.6. The van der Waals surface area contributed by atoms with Gasteiger partial charge in [0.15, 0.2) is 0 Å². The quantitative estimate of drug-likeness (QED) is 0.523. The van der Waals surface area contributed by atoms with Crippen molar-refractivity contribution in [2.75, 3.05) is 13.2 Å². The first-order valence-corrected chi connectivity index (χ1v) is 11.4. The van der Waals surface area contributed by atoms with Crippen molar-refractivity contribution in [3.05, 3.63) is 107 Å². The molecule has 2 bridgehead atoms. The fourth-order valence-corrected chi connectivity index (χ4v) is 5.65. The summed E-state index contributed by atoms with van der Waals surface area (Å²) in [5, 5.41) is 0. The summed E-state index contributed by atoms with van der Waals surface area (Å²) in [6.07, 6.45) is 0. The van der Waals surface area contributed by atoms with Crippen molar-refractivity contribution in [1.82, 2.24) is 0 Å². The number of carbonyl (C=O) groups excluding carboxylic acids is 2. The second-order valence-electron chi connectivity index (χ2n) is 8.31. The average molecular weight is 443 g/mol. The van der Waals surface area contributed by atoms with Crippen LogP contribution in [0.2, 0.25) is 0 Å². The van der Waals surface area contributed by atoms with Crippen LogP contribution in [0.1, 0.15) is 36.1 Å². The van der Waals surface area contributed by atoms with Gasteiger partial charge in [0, 0.05) is 0 Å². The summed E-state index contributed by atoms with van der Waals surface area (Å²) < 4.78 is 18.2. The molecule has 1 fully saturated rings. The molecule has 33 heavy (non-hydrogen) atoms. The van der Waals surface area contributed by atoms with Gasteiger partial charge in [0.1, 0.15) is 23.0 Å². The minimum absolute atomic E-state index is 0.204. The van der Waals surface area contributed by atoms with E-state index in [1.165, 1.54) is 0 Å². The van der Waals surface area contributed by atoms with Crippen molar-refractivity contribution >= 4 is 11.9 Å². The Labute approximate surface area is 193 Å². The molecule has 0 aliphatic carbocycles. The normalized spacial score (nSPS) is 27.1. The second kappa shape index (κ2) is 8.16. The Morgan fingerprint density at radius 3 is 1.39 bits per heavy atom. The molecule has 5 rings (SSSR count). The van der Waals surface area contributed by atoms with E-state index in [-0.39, 0.29) is 13.2 Å². The molecule has 0 radical (unpaired) electrons. The number of fused-ring (bicyclic) bond motifs is 5. The molecule has 0 aromatic heterocycles. The molecule has 5 nitrogen and oxygen atoms in total. The van der Waals surface area contributed by atoms with Crippen LogP contribution >= 0.6 is 0 Å². The Balaban J connectivity index is 1.88. The smallest absolute Gasteiger partial charge is 0.313 e. The van der Waals surface area contributed by atoms with E-state index >= 15 is 0 Å². The van der Waals surface area contributed by atoms with Gasteiger partial charge < -0.3 is 14.2 Å². The summed E-state index contributed by atoms with van der Waals surface area (Å²) in [7, 11) is 0. The summed E-state index contributed by atoms with van der Waals surface area (Å²) >= 11 is 0. The van der Waals surface area contributed by atoms with E-state index in [2.05, 4.69) is 0 Å². The van der Waals surface area contributed by atoms with E-state index in [1.807, 2.05) is 84.9 Å². The minimum Gasteiger partial charge on any atom is -0.466 e. The van der Waals surface area contributed by atoms with Crippen LogP contribution in [0.5, 0.6) is 0 Å². The molecule has 0 saturated carbocycles. The summed E-state index contributed by atoms with van der Waals surface area (Å²) in [6.45, 7) is 3.94. The van der Waals surface area contributed by atoms with Gasteiger partial charge >= 0.3 is 11.9 Å². The van der Waals surface area contributed by atoms with Crippen molar-refractivity contribution < 1.29 is 23.8 Å². The topological polar surface area (TPSA) is 61.8 Å². The monoisotopic (exact) mass is 442 g/mol. The summed E-state index contributed by atoms with van der Waals surface area (Å²) in [6, 6.07) is 27.1. The van der Waals surface area contributed by atoms with Crippen LogP contribution in [0.25, 0.3) is 0 Å². The lowest BCUT2D eigenvalue weighted by molar-refractivity contribution is -0.162. The molecule has 168 valence electrons. The van der Waals surface area contributed by atoms with E-state index in [1.54, 1.807) is 13.8 Å². The first-order chi connectivity index (χ1) is 16.1. The molecule has 4 atom stereocenters. The fourth-order valence-electron chi connectivity index (χ4n) is 5.65. The first kappa shape index (κ1) is 21.4. The van der Waals surface area contributed by atoms with Crippen molar-refractivity contribution in [2.24, 2.45) is 11.8 Å². The summed E-state index contributed by atoms with van der Waals surface area (Å²) in [5.74, 6) is -2.75. The number of hydrogen-bond donors (Lipinski definition) is 0. The van der Waals surface area contributed by atoms with Crippen LogP contribution in [0.3, 0.4) is 0 Å². The highest BCUT2D eigenvalue weighted by atomic mass is 16.6. The summed E-state index contributed by atoms with van der Waals surface area (Å²) in [4.78, 5) is 27.2. The average Bonchev–Trinajstić information content (AvgIpc) is 3.35. The fraction of sp³-hybridized carbons (Fsp3) is 0.286. The van der Waals surface area contributed by atoms with Gasteiger partial charge in [-0.05, 0) is 36.1 Å². The molecule has 4 unspecified atom stereocenters. The number of esters is 2. The number of ether oxygens (including phenoxy) is 3. The molecule has 2 heterocycles. The van der Waals surface area contributed by atoms with Gasteiger partial charge in [-0.1, -0.05) is 84.9 Å². The largest absolute Gasteiger partial charge is 0.466 e. The Morgan fingerprint density at radius 1 is 0.667 bits per heavy atom. The van der Waals surface area contributed by atoms with Crippen molar-refractivity contribution in [3.63, 3.8) is 0 Å². The molecule has 0 spiro atoms. The third kappa shape index (κ3) is 2.89. The van der Waals surface area contributed by atoms with Crippen molar-refractivity contribution in [1.29, 1.82) is 0 Å². The molecular formula is C28H26O5. The minimum atomic E-state index is -1.18. The molecule has 1 saturated heterocycles. The molecule has 2 aliphatic heterocycles. The standard InChI is InChI=1S/C28H26O5/c1-3-31-25(29)23-24(26(30)32-4-2)28(20-15-9-6-10-16-20)22-18-12-11-17-21(22)27(23,33-28)19-13-7-5-8-14-19/h5-18,23-24H,3-4H2,1-2H3. The van der Waals surface area contributed by atoms with Gasteiger partial charge in [-0.25, -0.2) is 0 Å². The molecule has 0 N–H and O–H groups in total. The SMILES string of the molecule is CCOC(=O)C1C(C(=O)OCC)C2(c3ccccc3)OC1(c1ccccc1)c1ccccc12. The summed E-state index contributed by atoms with van der Waals surface area (Å²) in [5.41, 5.74) is 0.993. The van der Waals surface area contributed by atoms with Crippen molar-refractivity contribution in [2.45, 2.75) is 25.0 Å². The van der Waals surface area contributed by atoms with Gasteiger partial charge in [-0.15, -0.1) is 0 Å². The maximum Gasteiger partial charge on any atom is 0.313 e. The maximum absolute atomic E-state index is 13.6. The van der Waals surface area contributed by atoms with Gasteiger partial charge in [-0.3, -0.25) is 9.59 Å². The number of carbonyl (C=O) groups is 2. The Hall–Kier alpha value is -3.44. The number of hydrogen-bond acceptors (Lipinski definition) is 5. The lowest BCUT2D eigenvalue weighted by atomic mass is 9.60.